The zero-order valence-corrected chi connectivity index (χ0v) is 10.5. The maximum atomic E-state index is 5.74. The number of thiophene rings is 1. The number of benzene rings is 1. The molecule has 0 fully saturated rings. The third-order valence-electron chi connectivity index (χ3n) is 2.44. The van der Waals surface area contributed by atoms with Gasteiger partial charge in [0, 0.05) is 6.54 Å². The van der Waals surface area contributed by atoms with Crippen molar-refractivity contribution in [2.45, 2.75) is 13.2 Å². The second-order valence-corrected chi connectivity index (χ2v) is 4.39. The summed E-state index contributed by atoms with van der Waals surface area (Å²) in [6.45, 7) is 1.05. The molecular formula is C13H15NO2S. The molecule has 4 heteroatoms. The average molecular weight is 249 g/mol. The van der Waals surface area contributed by atoms with Gasteiger partial charge in [0.25, 0.3) is 0 Å². The van der Waals surface area contributed by atoms with Crippen LogP contribution in [0.5, 0.6) is 11.5 Å². The molecule has 0 aliphatic rings. The Hall–Kier alpha value is -1.52. The highest BCUT2D eigenvalue weighted by Gasteiger charge is 2.05. The highest BCUT2D eigenvalue weighted by atomic mass is 32.1. The summed E-state index contributed by atoms with van der Waals surface area (Å²) < 4.78 is 11.0. The minimum absolute atomic E-state index is 0.499. The van der Waals surface area contributed by atoms with E-state index in [1.54, 1.807) is 18.4 Å². The molecule has 17 heavy (non-hydrogen) atoms. The zero-order chi connectivity index (χ0) is 12.1. The van der Waals surface area contributed by atoms with Crippen LogP contribution in [0.2, 0.25) is 0 Å². The molecule has 2 aromatic rings. The molecule has 2 rings (SSSR count). The summed E-state index contributed by atoms with van der Waals surface area (Å²) in [5, 5.41) is 4.10. The standard InChI is InChI=1S/C13H15NO2S/c1-15-12-3-2-10(7-14)6-13(12)16-8-11-4-5-17-9-11/h2-6,9H,7-8,14H2,1H3. The third kappa shape index (κ3) is 2.99. The molecule has 3 nitrogen and oxygen atoms in total. The van der Waals surface area contributed by atoms with Crippen LogP contribution in [0, 0.1) is 0 Å². The van der Waals surface area contributed by atoms with Gasteiger partial charge in [0.15, 0.2) is 11.5 Å². The zero-order valence-electron chi connectivity index (χ0n) is 9.68. The van der Waals surface area contributed by atoms with Gasteiger partial charge in [0.05, 0.1) is 7.11 Å². The van der Waals surface area contributed by atoms with Crippen LogP contribution in [-0.4, -0.2) is 7.11 Å². The highest BCUT2D eigenvalue weighted by molar-refractivity contribution is 7.07. The lowest BCUT2D eigenvalue weighted by atomic mass is 10.2. The molecule has 0 saturated carbocycles. The first-order valence-corrected chi connectivity index (χ1v) is 6.28. The molecule has 0 saturated heterocycles. The normalized spacial score (nSPS) is 10.2. The van der Waals surface area contributed by atoms with Crippen LogP contribution in [0.3, 0.4) is 0 Å². The molecule has 0 unspecified atom stereocenters. The van der Waals surface area contributed by atoms with Crippen LogP contribution in [0.4, 0.5) is 0 Å². The van der Waals surface area contributed by atoms with Gasteiger partial charge in [0.1, 0.15) is 6.61 Å². The maximum Gasteiger partial charge on any atom is 0.161 e. The van der Waals surface area contributed by atoms with Crippen molar-refractivity contribution in [1.29, 1.82) is 0 Å². The fourth-order valence-corrected chi connectivity index (χ4v) is 2.15. The SMILES string of the molecule is COc1ccc(CN)cc1OCc1ccsc1. The van der Waals surface area contributed by atoms with Crippen LogP contribution in [0.1, 0.15) is 11.1 Å². The predicted molar refractivity (Wildman–Crippen MR) is 69.5 cm³/mol. The molecule has 1 heterocycles. The molecule has 1 aromatic carbocycles. The summed E-state index contributed by atoms with van der Waals surface area (Å²) >= 11 is 1.66. The quantitative estimate of drug-likeness (QED) is 0.886. The predicted octanol–water partition coefficient (Wildman–Crippen LogP) is 2.79. The van der Waals surface area contributed by atoms with Crippen LogP contribution in [0.25, 0.3) is 0 Å². The van der Waals surface area contributed by atoms with E-state index in [-0.39, 0.29) is 0 Å². The Bertz CT molecular complexity index is 468. The van der Waals surface area contributed by atoms with Crippen LogP contribution in [0.15, 0.2) is 35.0 Å². The van der Waals surface area contributed by atoms with Gasteiger partial charge in [0.2, 0.25) is 0 Å². The van der Waals surface area contributed by atoms with Gasteiger partial charge in [-0.05, 0) is 40.1 Å². The number of hydrogen-bond donors (Lipinski definition) is 1. The minimum Gasteiger partial charge on any atom is -0.493 e. The second-order valence-electron chi connectivity index (χ2n) is 3.61. The Labute approximate surface area is 105 Å². The number of methoxy groups -OCH3 is 1. The lowest BCUT2D eigenvalue weighted by Crippen LogP contribution is -2.00. The van der Waals surface area contributed by atoms with E-state index in [0.717, 1.165) is 22.6 Å². The summed E-state index contributed by atoms with van der Waals surface area (Å²) in [5.41, 5.74) is 7.80. The molecule has 2 N–H and O–H groups in total. The van der Waals surface area contributed by atoms with Gasteiger partial charge >= 0.3 is 0 Å². The first-order valence-electron chi connectivity index (χ1n) is 5.34. The molecule has 90 valence electrons. The van der Waals surface area contributed by atoms with Crippen molar-refractivity contribution in [3.63, 3.8) is 0 Å². The summed E-state index contributed by atoms with van der Waals surface area (Å²) in [6, 6.07) is 7.79. The van der Waals surface area contributed by atoms with Gasteiger partial charge in [-0.15, -0.1) is 0 Å². The number of rotatable bonds is 5. The van der Waals surface area contributed by atoms with E-state index in [2.05, 4.69) is 5.38 Å². The van der Waals surface area contributed by atoms with Crippen LogP contribution in [-0.2, 0) is 13.2 Å². The third-order valence-corrected chi connectivity index (χ3v) is 3.17. The summed E-state index contributed by atoms with van der Waals surface area (Å²) in [4.78, 5) is 0. The summed E-state index contributed by atoms with van der Waals surface area (Å²) in [5.74, 6) is 1.47. The van der Waals surface area contributed by atoms with E-state index in [1.165, 1.54) is 0 Å². The van der Waals surface area contributed by atoms with Gasteiger partial charge < -0.3 is 15.2 Å². The smallest absolute Gasteiger partial charge is 0.161 e. The fourth-order valence-electron chi connectivity index (χ4n) is 1.50. The van der Waals surface area contributed by atoms with E-state index in [4.69, 9.17) is 15.2 Å². The minimum atomic E-state index is 0.499. The largest absolute Gasteiger partial charge is 0.493 e. The Kier molecular flexibility index (Phi) is 4.01. The Morgan fingerprint density at radius 3 is 2.71 bits per heavy atom. The van der Waals surface area contributed by atoms with Crippen molar-refractivity contribution in [3.8, 4) is 11.5 Å². The first-order chi connectivity index (χ1) is 8.33. The van der Waals surface area contributed by atoms with E-state index < -0.39 is 0 Å². The monoisotopic (exact) mass is 249 g/mol. The molecule has 0 aliphatic heterocycles. The van der Waals surface area contributed by atoms with Crippen LogP contribution < -0.4 is 15.2 Å². The number of nitrogens with two attached hydrogens (primary N) is 1. The van der Waals surface area contributed by atoms with Crippen molar-refractivity contribution < 1.29 is 9.47 Å². The summed E-state index contributed by atoms with van der Waals surface area (Å²) in [6.07, 6.45) is 0. The highest BCUT2D eigenvalue weighted by Crippen LogP contribution is 2.28. The molecular weight excluding hydrogens is 234 g/mol. The van der Waals surface area contributed by atoms with Crippen molar-refractivity contribution in [3.05, 3.63) is 46.2 Å². The fraction of sp³-hybridized carbons (Fsp3) is 0.231. The Balaban J connectivity index is 2.12. The van der Waals surface area contributed by atoms with E-state index >= 15 is 0 Å². The van der Waals surface area contributed by atoms with Gasteiger partial charge in [-0.25, -0.2) is 0 Å². The van der Waals surface area contributed by atoms with Gasteiger partial charge in [-0.3, -0.25) is 0 Å². The summed E-state index contributed by atoms with van der Waals surface area (Å²) in [7, 11) is 1.63. The van der Waals surface area contributed by atoms with E-state index in [0.29, 0.717) is 13.2 Å². The topological polar surface area (TPSA) is 44.5 Å². The Morgan fingerprint density at radius 2 is 2.06 bits per heavy atom. The van der Waals surface area contributed by atoms with Crippen molar-refractivity contribution in [1.82, 2.24) is 0 Å². The number of hydrogen-bond acceptors (Lipinski definition) is 4. The maximum absolute atomic E-state index is 5.74. The average Bonchev–Trinajstić information content (AvgIpc) is 2.89. The molecule has 0 radical (unpaired) electrons. The molecule has 0 bridgehead atoms. The van der Waals surface area contributed by atoms with E-state index in [9.17, 15) is 0 Å². The van der Waals surface area contributed by atoms with Crippen LogP contribution >= 0.6 is 11.3 Å². The molecule has 0 atom stereocenters. The molecule has 1 aromatic heterocycles. The van der Waals surface area contributed by atoms with Crippen molar-refractivity contribution >= 4 is 11.3 Å². The molecule has 0 aliphatic carbocycles. The first kappa shape index (κ1) is 12.0. The second kappa shape index (κ2) is 5.70. The molecule has 0 spiro atoms. The molecule has 0 amide bonds. The van der Waals surface area contributed by atoms with Gasteiger partial charge in [-0.1, -0.05) is 6.07 Å². The lowest BCUT2D eigenvalue weighted by molar-refractivity contribution is 0.284. The van der Waals surface area contributed by atoms with Crippen molar-refractivity contribution in [2.24, 2.45) is 5.73 Å². The van der Waals surface area contributed by atoms with Gasteiger partial charge in [-0.2, -0.15) is 11.3 Å². The van der Waals surface area contributed by atoms with E-state index in [1.807, 2.05) is 29.6 Å². The Morgan fingerprint density at radius 1 is 1.18 bits per heavy atom. The lowest BCUT2D eigenvalue weighted by Gasteiger charge is -2.11. The van der Waals surface area contributed by atoms with Crippen molar-refractivity contribution in [2.75, 3.05) is 7.11 Å². The number of ether oxygens (including phenoxy) is 2.